The van der Waals surface area contributed by atoms with E-state index < -0.39 is 18.8 Å². The quantitative estimate of drug-likeness (QED) is 0.443. The van der Waals surface area contributed by atoms with Crippen LogP contribution >= 0.6 is 0 Å². The highest BCUT2D eigenvalue weighted by atomic mass is 32.2. The summed E-state index contributed by atoms with van der Waals surface area (Å²) in [5.74, 6) is 0. The zero-order valence-electron chi connectivity index (χ0n) is 14.9. The van der Waals surface area contributed by atoms with Crippen molar-refractivity contribution in [2.45, 2.75) is 70.9 Å². The number of rotatable bonds is 12. The summed E-state index contributed by atoms with van der Waals surface area (Å²) >= 11 is 0. The first-order valence-corrected chi connectivity index (χ1v) is 12.9. The number of unbranched alkanes of at least 4 members (excludes halogenated alkanes) is 7. The van der Waals surface area contributed by atoms with Gasteiger partial charge in [-0.25, -0.2) is 8.42 Å². The smallest absolute Gasteiger partial charge is 0.229 e. The van der Waals surface area contributed by atoms with E-state index in [4.69, 9.17) is 0 Å². The lowest BCUT2D eigenvalue weighted by Gasteiger charge is -2.12. The zero-order chi connectivity index (χ0) is 17.1. The first-order chi connectivity index (χ1) is 10.9. The third-order valence-electron chi connectivity index (χ3n) is 4.06. The average Bonchev–Trinajstić information content (AvgIpc) is 2.48. The van der Waals surface area contributed by atoms with Crippen molar-refractivity contribution in [3.63, 3.8) is 0 Å². The van der Waals surface area contributed by atoms with Crippen LogP contribution in [0, 0.1) is 0 Å². The van der Waals surface area contributed by atoms with Crippen molar-refractivity contribution in [3.8, 4) is 0 Å². The van der Waals surface area contributed by atoms with Gasteiger partial charge in [-0.15, -0.1) is 0 Å². The van der Waals surface area contributed by atoms with Crippen LogP contribution in [0.25, 0.3) is 0 Å². The largest absolute Gasteiger partial charge is 0.284 e. The van der Waals surface area contributed by atoms with Crippen LogP contribution in [0.1, 0.15) is 58.3 Å². The molecule has 0 atom stereocenters. The fraction of sp³-hybridized carbons (Fsp3) is 0.667. The van der Waals surface area contributed by atoms with Gasteiger partial charge >= 0.3 is 0 Å². The Hall–Kier alpha value is -0.813. The maximum Gasteiger partial charge on any atom is 0.229 e. The standard InChI is InChI=1S/C18H32NO2SSi/c1-4-5-6-7-8-9-10-11-15-23(3)18-14-12-13-17(16-18)19-22(2,20)21/h12-14,16,19H,4-11,15H2,1-3H3. The molecule has 0 amide bonds. The van der Waals surface area contributed by atoms with Crippen molar-refractivity contribution < 1.29 is 8.42 Å². The van der Waals surface area contributed by atoms with E-state index in [0.717, 1.165) is 0 Å². The second kappa shape index (κ2) is 10.9. The van der Waals surface area contributed by atoms with E-state index in [1.165, 1.54) is 68.9 Å². The Morgan fingerprint density at radius 1 is 1.00 bits per heavy atom. The van der Waals surface area contributed by atoms with Gasteiger partial charge in [-0.3, -0.25) is 4.72 Å². The Bertz CT molecular complexity index is 546. The highest BCUT2D eigenvalue weighted by Crippen LogP contribution is 2.12. The molecular weight excluding hydrogens is 322 g/mol. The summed E-state index contributed by atoms with van der Waals surface area (Å²) in [5, 5.41) is 1.31. The minimum atomic E-state index is -3.19. The molecule has 0 unspecified atom stereocenters. The van der Waals surface area contributed by atoms with E-state index >= 15 is 0 Å². The van der Waals surface area contributed by atoms with Gasteiger partial charge < -0.3 is 0 Å². The van der Waals surface area contributed by atoms with Crippen LogP contribution < -0.4 is 9.91 Å². The Morgan fingerprint density at radius 3 is 2.22 bits per heavy atom. The molecule has 0 saturated carbocycles. The average molecular weight is 355 g/mol. The van der Waals surface area contributed by atoms with Crippen LogP contribution in [0.5, 0.6) is 0 Å². The molecule has 1 aromatic carbocycles. The molecule has 0 aliphatic heterocycles. The Labute approximate surface area is 144 Å². The molecule has 23 heavy (non-hydrogen) atoms. The van der Waals surface area contributed by atoms with Gasteiger partial charge in [-0.05, 0) is 12.1 Å². The summed E-state index contributed by atoms with van der Waals surface area (Å²) in [4.78, 5) is 0. The van der Waals surface area contributed by atoms with E-state index in [1.54, 1.807) is 0 Å². The monoisotopic (exact) mass is 354 g/mol. The normalized spacial score (nSPS) is 11.8. The maximum atomic E-state index is 11.3. The van der Waals surface area contributed by atoms with Crippen LogP contribution in [0.2, 0.25) is 12.6 Å². The van der Waals surface area contributed by atoms with Gasteiger partial charge in [0.15, 0.2) is 0 Å². The van der Waals surface area contributed by atoms with Crippen LogP contribution in [-0.2, 0) is 10.0 Å². The molecule has 0 fully saturated rings. The van der Waals surface area contributed by atoms with Crippen LogP contribution in [0.3, 0.4) is 0 Å². The van der Waals surface area contributed by atoms with Crippen molar-refractivity contribution in [1.82, 2.24) is 0 Å². The van der Waals surface area contributed by atoms with Gasteiger partial charge in [0.2, 0.25) is 10.0 Å². The number of hydrogen-bond acceptors (Lipinski definition) is 2. The summed E-state index contributed by atoms with van der Waals surface area (Å²) in [6, 6.07) is 9.16. The molecule has 1 aromatic rings. The third kappa shape index (κ3) is 9.82. The Balaban J connectivity index is 2.29. The third-order valence-corrected chi connectivity index (χ3v) is 7.07. The molecule has 5 heteroatoms. The number of nitrogens with one attached hydrogen (secondary N) is 1. The number of sulfonamides is 1. The van der Waals surface area contributed by atoms with E-state index in [2.05, 4.69) is 24.3 Å². The molecule has 0 saturated heterocycles. The molecule has 3 nitrogen and oxygen atoms in total. The van der Waals surface area contributed by atoms with Crippen molar-refractivity contribution in [1.29, 1.82) is 0 Å². The fourth-order valence-electron chi connectivity index (χ4n) is 2.73. The number of anilines is 1. The summed E-state index contributed by atoms with van der Waals surface area (Å²) in [5.41, 5.74) is 0.685. The van der Waals surface area contributed by atoms with Gasteiger partial charge in [0.1, 0.15) is 0 Å². The fourth-order valence-corrected chi connectivity index (χ4v) is 5.14. The van der Waals surface area contributed by atoms with Gasteiger partial charge in [0.05, 0.1) is 15.1 Å². The van der Waals surface area contributed by atoms with E-state index in [0.29, 0.717) is 5.69 Å². The molecular formula is C18H32NO2SSi. The molecule has 1 rings (SSSR count). The topological polar surface area (TPSA) is 46.2 Å². The molecule has 1 radical (unpaired) electrons. The van der Waals surface area contributed by atoms with Crippen LogP contribution in [0.4, 0.5) is 5.69 Å². The van der Waals surface area contributed by atoms with E-state index in [-0.39, 0.29) is 0 Å². The van der Waals surface area contributed by atoms with E-state index in [9.17, 15) is 8.42 Å². The van der Waals surface area contributed by atoms with Crippen LogP contribution in [0.15, 0.2) is 24.3 Å². The molecule has 0 aliphatic rings. The minimum Gasteiger partial charge on any atom is -0.284 e. The van der Waals surface area contributed by atoms with E-state index in [1.807, 2.05) is 18.2 Å². The number of hydrogen-bond donors (Lipinski definition) is 1. The highest BCUT2D eigenvalue weighted by Gasteiger charge is 2.09. The lowest BCUT2D eigenvalue weighted by atomic mass is 10.1. The summed E-state index contributed by atoms with van der Waals surface area (Å²) in [6.07, 6.45) is 12.0. The Morgan fingerprint density at radius 2 is 1.61 bits per heavy atom. The van der Waals surface area contributed by atoms with Crippen molar-refractivity contribution in [2.75, 3.05) is 11.0 Å². The van der Waals surface area contributed by atoms with Crippen LogP contribution in [-0.4, -0.2) is 23.5 Å². The van der Waals surface area contributed by atoms with Gasteiger partial charge in [0, 0.05) is 5.69 Å². The van der Waals surface area contributed by atoms with Crippen molar-refractivity contribution >= 4 is 29.7 Å². The lowest BCUT2D eigenvalue weighted by Crippen LogP contribution is -2.26. The predicted molar refractivity (Wildman–Crippen MR) is 104 cm³/mol. The molecule has 0 bridgehead atoms. The molecule has 131 valence electrons. The maximum absolute atomic E-state index is 11.3. The zero-order valence-corrected chi connectivity index (χ0v) is 16.7. The predicted octanol–water partition coefficient (Wildman–Crippen LogP) is 4.53. The Kier molecular flexibility index (Phi) is 9.56. The summed E-state index contributed by atoms with van der Waals surface area (Å²) in [7, 11) is -3.77. The first-order valence-electron chi connectivity index (χ1n) is 8.83. The second-order valence-corrected chi connectivity index (χ2v) is 10.8. The second-order valence-electron chi connectivity index (χ2n) is 6.46. The molecule has 0 aromatic heterocycles. The summed E-state index contributed by atoms with van der Waals surface area (Å²) in [6.45, 7) is 4.58. The number of benzene rings is 1. The lowest BCUT2D eigenvalue weighted by molar-refractivity contribution is 0.584. The molecule has 0 spiro atoms. The highest BCUT2D eigenvalue weighted by molar-refractivity contribution is 7.92. The van der Waals surface area contributed by atoms with Crippen molar-refractivity contribution in [2.24, 2.45) is 0 Å². The SMILES string of the molecule is CCCCCCCCCC[Si](C)c1cccc(NS(C)(=O)=O)c1. The molecule has 0 aliphatic carbocycles. The molecule has 1 N–H and O–H groups in total. The van der Waals surface area contributed by atoms with Gasteiger partial charge in [-0.1, -0.05) is 88.2 Å². The molecule has 0 heterocycles. The minimum absolute atomic E-state index is 0.580. The summed E-state index contributed by atoms with van der Waals surface area (Å²) < 4.78 is 25.2. The van der Waals surface area contributed by atoms with Gasteiger partial charge in [0.25, 0.3) is 0 Å². The van der Waals surface area contributed by atoms with Crippen molar-refractivity contribution in [3.05, 3.63) is 24.3 Å². The van der Waals surface area contributed by atoms with Gasteiger partial charge in [-0.2, -0.15) is 0 Å². The first kappa shape index (κ1) is 20.2.